The minimum Gasteiger partial charge on any atom is -0.497 e. The Kier molecular flexibility index (Phi) is 3.90. The van der Waals surface area contributed by atoms with E-state index >= 15 is 0 Å². The molecule has 0 fully saturated rings. The molecule has 0 unspecified atom stereocenters. The average Bonchev–Trinajstić information content (AvgIpc) is 2.76. The van der Waals surface area contributed by atoms with Crippen molar-refractivity contribution >= 4 is 21.9 Å². The highest BCUT2D eigenvalue weighted by molar-refractivity contribution is 9.10. The van der Waals surface area contributed by atoms with Gasteiger partial charge in [-0.25, -0.2) is 4.79 Å². The second kappa shape index (κ2) is 5.44. The molecule has 0 bridgehead atoms. The lowest BCUT2D eigenvalue weighted by molar-refractivity contribution is 0.0688. The van der Waals surface area contributed by atoms with Crippen LogP contribution in [-0.2, 0) is 6.54 Å². The smallest absolute Gasteiger partial charge is 0.357 e. The Morgan fingerprint density at radius 3 is 2.53 bits per heavy atom. The number of benzene rings is 1. The summed E-state index contributed by atoms with van der Waals surface area (Å²) in [4.78, 5) is 11.1. The van der Waals surface area contributed by atoms with E-state index in [-0.39, 0.29) is 5.69 Å². The van der Waals surface area contributed by atoms with Crippen LogP contribution in [0, 0.1) is 0 Å². The molecule has 2 aromatic rings. The molecule has 0 saturated heterocycles. The maximum atomic E-state index is 11.1. The molecule has 0 aliphatic heterocycles. The molecule has 100 valence electrons. The van der Waals surface area contributed by atoms with Crippen LogP contribution < -0.4 is 4.74 Å². The van der Waals surface area contributed by atoms with Crippen LogP contribution in [0.25, 0.3) is 11.3 Å². The predicted octanol–water partition coefficient (Wildman–Crippen LogP) is 3.04. The van der Waals surface area contributed by atoms with Crippen LogP contribution in [0.1, 0.15) is 17.4 Å². The Morgan fingerprint density at radius 1 is 1.42 bits per heavy atom. The van der Waals surface area contributed by atoms with E-state index in [9.17, 15) is 4.79 Å². The van der Waals surface area contributed by atoms with Crippen molar-refractivity contribution in [3.05, 3.63) is 34.4 Å². The summed E-state index contributed by atoms with van der Waals surface area (Å²) in [5.41, 5.74) is 1.66. The van der Waals surface area contributed by atoms with Gasteiger partial charge in [0, 0.05) is 12.1 Å². The van der Waals surface area contributed by atoms with E-state index in [2.05, 4.69) is 21.0 Å². The second-order valence-corrected chi connectivity index (χ2v) is 4.65. The zero-order valence-corrected chi connectivity index (χ0v) is 12.1. The third kappa shape index (κ3) is 2.49. The van der Waals surface area contributed by atoms with Gasteiger partial charge in [-0.05, 0) is 47.1 Å². The molecule has 5 nitrogen and oxygen atoms in total. The fourth-order valence-corrected chi connectivity index (χ4v) is 2.51. The quantitative estimate of drug-likeness (QED) is 0.938. The molecule has 6 heteroatoms. The number of aryl methyl sites for hydroxylation is 1. The summed E-state index contributed by atoms with van der Waals surface area (Å²) < 4.78 is 7.26. The van der Waals surface area contributed by atoms with Crippen LogP contribution >= 0.6 is 15.9 Å². The number of ether oxygens (including phenoxy) is 1. The van der Waals surface area contributed by atoms with E-state index in [1.54, 1.807) is 11.8 Å². The Hall–Kier alpha value is -1.82. The maximum Gasteiger partial charge on any atom is 0.357 e. The Morgan fingerprint density at radius 2 is 2.05 bits per heavy atom. The first-order chi connectivity index (χ1) is 9.08. The van der Waals surface area contributed by atoms with Gasteiger partial charge in [-0.15, -0.1) is 0 Å². The summed E-state index contributed by atoms with van der Waals surface area (Å²) in [5.74, 6) is -0.297. The van der Waals surface area contributed by atoms with Crippen molar-refractivity contribution in [2.24, 2.45) is 0 Å². The zero-order chi connectivity index (χ0) is 14.0. The lowest BCUT2D eigenvalue weighted by atomic mass is 10.1. The number of nitrogens with zero attached hydrogens (tertiary/aromatic N) is 2. The molecule has 0 radical (unpaired) electrons. The molecule has 0 saturated carbocycles. The number of carbonyl (C=O) groups is 1. The molecule has 19 heavy (non-hydrogen) atoms. The molecule has 1 aromatic carbocycles. The van der Waals surface area contributed by atoms with Crippen molar-refractivity contribution in [3.8, 4) is 17.0 Å². The van der Waals surface area contributed by atoms with Gasteiger partial charge in [-0.1, -0.05) is 0 Å². The van der Waals surface area contributed by atoms with E-state index in [1.807, 2.05) is 31.2 Å². The van der Waals surface area contributed by atoms with E-state index in [4.69, 9.17) is 9.84 Å². The Bertz CT molecular complexity index is 605. The molecule has 0 atom stereocenters. The number of rotatable bonds is 4. The standard InChI is InChI=1S/C13H13BrN2O3/c1-3-16-12(10(14)11(15-16)13(17)18)8-4-6-9(19-2)7-5-8/h4-7H,3H2,1-2H3,(H,17,18). The molecule has 0 aliphatic carbocycles. The van der Waals surface area contributed by atoms with Crippen molar-refractivity contribution < 1.29 is 14.6 Å². The van der Waals surface area contributed by atoms with Crippen molar-refractivity contribution in [1.82, 2.24) is 9.78 Å². The first kappa shape index (κ1) is 13.6. The molecule has 0 spiro atoms. The van der Waals surface area contributed by atoms with Gasteiger partial charge in [0.25, 0.3) is 0 Å². The van der Waals surface area contributed by atoms with Gasteiger partial charge >= 0.3 is 5.97 Å². The molecule has 0 amide bonds. The molecule has 1 N–H and O–H groups in total. The molecule has 1 aromatic heterocycles. The lowest BCUT2D eigenvalue weighted by Gasteiger charge is -2.06. The van der Waals surface area contributed by atoms with Crippen LogP contribution in [0.4, 0.5) is 0 Å². The Labute approximate surface area is 118 Å². The number of aromatic carboxylic acids is 1. The Balaban J connectivity index is 2.56. The van der Waals surface area contributed by atoms with Crippen LogP contribution in [0.3, 0.4) is 0 Å². The van der Waals surface area contributed by atoms with Crippen LogP contribution in [0.2, 0.25) is 0 Å². The largest absolute Gasteiger partial charge is 0.497 e. The number of methoxy groups -OCH3 is 1. The molecule has 0 aliphatic rings. The van der Waals surface area contributed by atoms with Gasteiger partial charge in [0.15, 0.2) is 5.69 Å². The number of aromatic nitrogens is 2. The molecular weight excluding hydrogens is 312 g/mol. The summed E-state index contributed by atoms with van der Waals surface area (Å²) in [5, 5.41) is 13.2. The zero-order valence-electron chi connectivity index (χ0n) is 10.6. The predicted molar refractivity (Wildman–Crippen MR) is 74.5 cm³/mol. The highest BCUT2D eigenvalue weighted by Crippen LogP contribution is 2.32. The van der Waals surface area contributed by atoms with Gasteiger partial charge in [-0.3, -0.25) is 4.68 Å². The van der Waals surface area contributed by atoms with E-state index in [0.29, 0.717) is 11.0 Å². The topological polar surface area (TPSA) is 64.4 Å². The van der Waals surface area contributed by atoms with E-state index in [0.717, 1.165) is 17.0 Å². The number of carboxylic acids is 1. The van der Waals surface area contributed by atoms with Crippen LogP contribution in [0.15, 0.2) is 28.7 Å². The van der Waals surface area contributed by atoms with Crippen molar-refractivity contribution in [1.29, 1.82) is 0 Å². The number of halogens is 1. The fraction of sp³-hybridized carbons (Fsp3) is 0.231. The summed E-state index contributed by atoms with van der Waals surface area (Å²) in [6, 6.07) is 7.40. The first-order valence-corrected chi connectivity index (χ1v) is 6.51. The number of hydrogen-bond acceptors (Lipinski definition) is 3. The van der Waals surface area contributed by atoms with Crippen molar-refractivity contribution in [2.45, 2.75) is 13.5 Å². The SMILES string of the molecule is CCn1nc(C(=O)O)c(Br)c1-c1ccc(OC)cc1. The van der Waals surface area contributed by atoms with E-state index < -0.39 is 5.97 Å². The van der Waals surface area contributed by atoms with Crippen molar-refractivity contribution in [2.75, 3.05) is 7.11 Å². The summed E-state index contributed by atoms with van der Waals surface area (Å²) in [6.45, 7) is 2.51. The van der Waals surface area contributed by atoms with Crippen molar-refractivity contribution in [3.63, 3.8) is 0 Å². The van der Waals surface area contributed by atoms with Gasteiger partial charge < -0.3 is 9.84 Å². The number of hydrogen-bond donors (Lipinski definition) is 1. The average molecular weight is 325 g/mol. The molecule has 2 rings (SSSR count). The highest BCUT2D eigenvalue weighted by atomic mass is 79.9. The minimum absolute atomic E-state index is 0.0210. The van der Waals surface area contributed by atoms with Gasteiger partial charge in [-0.2, -0.15) is 5.10 Å². The van der Waals surface area contributed by atoms with E-state index in [1.165, 1.54) is 0 Å². The first-order valence-electron chi connectivity index (χ1n) is 5.72. The van der Waals surface area contributed by atoms with Gasteiger partial charge in [0.2, 0.25) is 0 Å². The van der Waals surface area contributed by atoms with Gasteiger partial charge in [0.1, 0.15) is 5.75 Å². The number of carboxylic acid groups (broad SMARTS) is 1. The second-order valence-electron chi connectivity index (χ2n) is 3.86. The maximum absolute atomic E-state index is 11.1. The summed E-state index contributed by atoms with van der Waals surface area (Å²) in [7, 11) is 1.60. The third-order valence-corrected chi connectivity index (χ3v) is 3.51. The highest BCUT2D eigenvalue weighted by Gasteiger charge is 2.21. The monoisotopic (exact) mass is 324 g/mol. The lowest BCUT2D eigenvalue weighted by Crippen LogP contribution is -2.02. The summed E-state index contributed by atoms with van der Waals surface area (Å²) in [6.07, 6.45) is 0. The fourth-order valence-electron chi connectivity index (χ4n) is 1.83. The van der Waals surface area contributed by atoms with Crippen LogP contribution in [-0.4, -0.2) is 28.0 Å². The normalized spacial score (nSPS) is 10.5. The van der Waals surface area contributed by atoms with Gasteiger partial charge in [0.05, 0.1) is 17.3 Å². The molecular formula is C13H13BrN2O3. The summed E-state index contributed by atoms with van der Waals surface area (Å²) >= 11 is 3.32. The third-order valence-electron chi connectivity index (χ3n) is 2.76. The molecule has 1 heterocycles. The minimum atomic E-state index is -1.05. The van der Waals surface area contributed by atoms with Crippen LogP contribution in [0.5, 0.6) is 5.75 Å².